The van der Waals surface area contributed by atoms with Gasteiger partial charge in [0.05, 0.1) is 18.8 Å². The molecule has 0 aromatic rings. The number of rotatable bonds is 23. The first-order valence-corrected chi connectivity index (χ1v) is 15.0. The van der Waals surface area contributed by atoms with Crippen LogP contribution in [0.2, 0.25) is 0 Å². The average molecular weight is 518 g/mol. The van der Waals surface area contributed by atoms with Crippen LogP contribution in [0.3, 0.4) is 0 Å². The zero-order chi connectivity index (χ0) is 27.7. The van der Waals surface area contributed by atoms with Crippen LogP contribution < -0.4 is 5.32 Å². The summed E-state index contributed by atoms with van der Waals surface area (Å²) < 4.78 is 0. The van der Waals surface area contributed by atoms with Crippen LogP contribution in [-0.4, -0.2) is 34.9 Å². The van der Waals surface area contributed by atoms with Crippen molar-refractivity contribution in [1.29, 1.82) is 0 Å². The second-order valence-corrected chi connectivity index (χ2v) is 10.9. The van der Waals surface area contributed by atoms with Crippen LogP contribution in [0.25, 0.3) is 0 Å². The summed E-state index contributed by atoms with van der Waals surface area (Å²) in [6.45, 7) is 10.3. The minimum atomic E-state index is -0.887. The first kappa shape index (κ1) is 35.4. The Balaban J connectivity index is 4.11. The summed E-state index contributed by atoms with van der Waals surface area (Å²) in [7, 11) is 0. The van der Waals surface area contributed by atoms with Gasteiger partial charge < -0.3 is 15.5 Å². The summed E-state index contributed by atoms with van der Waals surface area (Å²) in [5, 5.41) is 22.8. The van der Waals surface area contributed by atoms with Gasteiger partial charge in [0.15, 0.2) is 0 Å². The number of aliphatic hydroxyl groups excluding tert-OH is 2. The van der Waals surface area contributed by atoms with Crippen LogP contribution in [0.15, 0.2) is 47.1 Å². The molecular formula is C33H59NO3. The summed E-state index contributed by atoms with van der Waals surface area (Å²) in [6, 6.07) is -0.692. The van der Waals surface area contributed by atoms with Gasteiger partial charge in [-0.25, -0.2) is 0 Å². The minimum Gasteiger partial charge on any atom is -0.394 e. The lowest BCUT2D eigenvalue weighted by Crippen LogP contribution is -2.44. The molecule has 0 radical (unpaired) electrons. The van der Waals surface area contributed by atoms with Crippen molar-refractivity contribution in [2.45, 2.75) is 149 Å². The number of carbonyl (C=O) groups is 1. The smallest absolute Gasteiger partial charge is 0.244 e. The van der Waals surface area contributed by atoms with E-state index in [0.29, 0.717) is 0 Å². The van der Waals surface area contributed by atoms with E-state index in [9.17, 15) is 15.0 Å². The summed E-state index contributed by atoms with van der Waals surface area (Å²) in [5.74, 6) is -0.265. The van der Waals surface area contributed by atoms with E-state index in [4.69, 9.17) is 0 Å². The van der Waals surface area contributed by atoms with Crippen LogP contribution in [0.4, 0.5) is 0 Å². The fraction of sp³-hybridized carbons (Fsp3) is 0.727. The summed E-state index contributed by atoms with van der Waals surface area (Å²) in [4.78, 5) is 12.4. The molecular weight excluding hydrogens is 458 g/mol. The molecule has 0 heterocycles. The van der Waals surface area contributed by atoms with Gasteiger partial charge in [-0.3, -0.25) is 4.79 Å². The zero-order valence-electron chi connectivity index (χ0n) is 24.9. The van der Waals surface area contributed by atoms with Crippen molar-refractivity contribution in [2.75, 3.05) is 6.61 Å². The lowest BCUT2D eigenvalue weighted by molar-refractivity contribution is -0.118. The Morgan fingerprint density at radius 3 is 1.86 bits per heavy atom. The third-order valence-electron chi connectivity index (χ3n) is 6.74. The molecule has 0 aromatic carbocycles. The van der Waals surface area contributed by atoms with E-state index in [1.165, 1.54) is 75.4 Å². The number of carbonyl (C=O) groups excluding carboxylic acids is 1. The van der Waals surface area contributed by atoms with E-state index in [-0.39, 0.29) is 12.5 Å². The zero-order valence-corrected chi connectivity index (χ0v) is 24.9. The lowest BCUT2D eigenvalue weighted by atomic mass is 10.0. The normalized spacial score (nSPS) is 14.1. The quantitative estimate of drug-likeness (QED) is 0.0723. The Morgan fingerprint density at radius 2 is 1.30 bits per heavy atom. The van der Waals surface area contributed by atoms with E-state index in [1.807, 2.05) is 13.0 Å². The summed E-state index contributed by atoms with van der Waals surface area (Å²) >= 11 is 0. The molecule has 0 saturated carbocycles. The molecule has 4 nitrogen and oxygen atoms in total. The summed E-state index contributed by atoms with van der Waals surface area (Å²) in [6.07, 6.45) is 28.1. The average Bonchev–Trinajstić information content (AvgIpc) is 2.84. The van der Waals surface area contributed by atoms with Crippen molar-refractivity contribution < 1.29 is 15.0 Å². The molecule has 0 unspecified atom stereocenters. The number of unbranched alkanes of at least 4 members (excludes halogenated alkanes) is 11. The molecule has 0 spiro atoms. The number of allylic oxidation sites excluding steroid dienone is 6. The molecule has 0 aliphatic carbocycles. The van der Waals surface area contributed by atoms with Gasteiger partial charge in [0, 0.05) is 6.08 Å². The van der Waals surface area contributed by atoms with Crippen LogP contribution in [0, 0.1) is 0 Å². The monoisotopic (exact) mass is 517 g/mol. The Labute approximate surface area is 229 Å². The molecule has 1 amide bonds. The minimum absolute atomic E-state index is 0.265. The topological polar surface area (TPSA) is 69.6 Å². The first-order valence-electron chi connectivity index (χ1n) is 15.0. The second-order valence-electron chi connectivity index (χ2n) is 10.9. The van der Waals surface area contributed by atoms with Gasteiger partial charge in [-0.15, -0.1) is 0 Å². The number of nitrogens with one attached hydrogen (secondary N) is 1. The maximum atomic E-state index is 12.4. The Morgan fingerprint density at radius 1 is 0.757 bits per heavy atom. The standard InChI is InChI=1S/C33H59NO3/c1-6-7-8-9-10-11-12-13-14-15-16-17-18-25-32(36)31(27-35)34-33(37)26-30(5)24-20-23-29(4)22-19-21-28(2)3/h18,21,23,25-26,31-32,35-36H,6-17,19-20,22,24,27H2,1-5H3,(H,34,37)/b25-18+,29-23+,30-26+/t31-,32+/m0/s1. The van der Waals surface area contributed by atoms with Crippen molar-refractivity contribution in [3.63, 3.8) is 0 Å². The van der Waals surface area contributed by atoms with Crippen LogP contribution >= 0.6 is 0 Å². The Kier molecular flexibility index (Phi) is 23.6. The highest BCUT2D eigenvalue weighted by atomic mass is 16.3. The molecule has 0 rings (SSSR count). The molecule has 0 aliphatic heterocycles. The number of aliphatic hydroxyl groups is 2. The van der Waals surface area contributed by atoms with Crippen LogP contribution in [0.1, 0.15) is 137 Å². The van der Waals surface area contributed by atoms with Gasteiger partial charge in [0.1, 0.15) is 0 Å². The predicted molar refractivity (Wildman–Crippen MR) is 161 cm³/mol. The van der Waals surface area contributed by atoms with Crippen molar-refractivity contribution in [2.24, 2.45) is 0 Å². The van der Waals surface area contributed by atoms with E-state index < -0.39 is 12.1 Å². The fourth-order valence-electron chi connectivity index (χ4n) is 4.29. The van der Waals surface area contributed by atoms with Gasteiger partial charge in [-0.1, -0.05) is 112 Å². The van der Waals surface area contributed by atoms with Crippen molar-refractivity contribution in [3.05, 3.63) is 47.1 Å². The molecule has 214 valence electrons. The molecule has 0 aliphatic rings. The first-order chi connectivity index (χ1) is 17.8. The molecule has 2 atom stereocenters. The highest BCUT2D eigenvalue weighted by Gasteiger charge is 2.17. The Bertz CT molecular complexity index is 686. The lowest BCUT2D eigenvalue weighted by Gasteiger charge is -2.19. The number of amides is 1. The highest BCUT2D eigenvalue weighted by Crippen LogP contribution is 2.13. The van der Waals surface area contributed by atoms with Crippen molar-refractivity contribution in [3.8, 4) is 0 Å². The van der Waals surface area contributed by atoms with Crippen LogP contribution in [0.5, 0.6) is 0 Å². The maximum absolute atomic E-state index is 12.4. The number of hydrogen-bond donors (Lipinski definition) is 3. The largest absolute Gasteiger partial charge is 0.394 e. The number of hydrogen-bond acceptors (Lipinski definition) is 3. The molecule has 0 fully saturated rings. The van der Waals surface area contributed by atoms with E-state index in [0.717, 1.165) is 44.1 Å². The maximum Gasteiger partial charge on any atom is 0.244 e. The predicted octanol–water partition coefficient (Wildman–Crippen LogP) is 8.50. The molecule has 37 heavy (non-hydrogen) atoms. The van der Waals surface area contributed by atoms with E-state index >= 15 is 0 Å². The molecule has 4 heteroatoms. The third-order valence-corrected chi connectivity index (χ3v) is 6.74. The van der Waals surface area contributed by atoms with Gasteiger partial charge >= 0.3 is 0 Å². The molecule has 0 saturated heterocycles. The SMILES string of the molecule is CCCCCCCCCCCCC/C=C/[C@@H](O)[C@H](CO)NC(=O)/C=C(\C)CC/C=C(\C)CCC=C(C)C. The van der Waals surface area contributed by atoms with Gasteiger partial charge in [-0.05, 0) is 66.2 Å². The molecule has 3 N–H and O–H groups in total. The van der Waals surface area contributed by atoms with Gasteiger partial charge in [-0.2, -0.15) is 0 Å². The van der Waals surface area contributed by atoms with E-state index in [2.05, 4.69) is 45.2 Å². The van der Waals surface area contributed by atoms with Crippen molar-refractivity contribution in [1.82, 2.24) is 5.32 Å². The van der Waals surface area contributed by atoms with Gasteiger partial charge in [0.25, 0.3) is 0 Å². The fourth-order valence-corrected chi connectivity index (χ4v) is 4.29. The van der Waals surface area contributed by atoms with Gasteiger partial charge in [0.2, 0.25) is 5.91 Å². The Hall–Kier alpha value is -1.65. The summed E-state index contributed by atoms with van der Waals surface area (Å²) in [5.41, 5.74) is 3.71. The van der Waals surface area contributed by atoms with E-state index in [1.54, 1.807) is 12.2 Å². The third kappa shape index (κ3) is 23.2. The second kappa shape index (κ2) is 24.7. The molecule has 0 aromatic heterocycles. The molecule has 0 bridgehead atoms. The van der Waals surface area contributed by atoms with Crippen LogP contribution in [-0.2, 0) is 4.79 Å². The van der Waals surface area contributed by atoms with Crippen molar-refractivity contribution >= 4 is 5.91 Å². The highest BCUT2D eigenvalue weighted by molar-refractivity contribution is 5.88.